The van der Waals surface area contributed by atoms with E-state index in [1.807, 2.05) is 44.2 Å². The van der Waals surface area contributed by atoms with Gasteiger partial charge in [0.2, 0.25) is 0 Å². The molecule has 0 bridgehead atoms. The Bertz CT molecular complexity index is 950. The van der Waals surface area contributed by atoms with Gasteiger partial charge in [0.15, 0.2) is 5.69 Å². The van der Waals surface area contributed by atoms with Crippen LogP contribution in [0, 0.1) is 6.92 Å². The molecule has 1 unspecified atom stereocenters. The first-order valence-corrected chi connectivity index (χ1v) is 8.08. The smallest absolute Gasteiger partial charge is 0.335 e. The monoisotopic (exact) mass is 350 g/mol. The van der Waals surface area contributed by atoms with Crippen molar-refractivity contribution in [1.82, 2.24) is 20.3 Å². The predicted octanol–water partition coefficient (Wildman–Crippen LogP) is 2.76. The van der Waals surface area contributed by atoms with Gasteiger partial charge < -0.3 is 10.4 Å². The summed E-state index contributed by atoms with van der Waals surface area (Å²) in [4.78, 5) is 23.6. The van der Waals surface area contributed by atoms with Crippen LogP contribution in [0.2, 0.25) is 0 Å². The van der Waals surface area contributed by atoms with Gasteiger partial charge in [-0.15, -0.1) is 5.10 Å². The van der Waals surface area contributed by atoms with Crippen molar-refractivity contribution in [2.75, 3.05) is 0 Å². The molecule has 26 heavy (non-hydrogen) atoms. The Labute approximate surface area is 150 Å². The van der Waals surface area contributed by atoms with Crippen LogP contribution in [0.25, 0.3) is 5.69 Å². The van der Waals surface area contributed by atoms with Gasteiger partial charge >= 0.3 is 5.97 Å². The van der Waals surface area contributed by atoms with Gasteiger partial charge in [-0.3, -0.25) is 4.79 Å². The molecule has 0 spiro atoms. The summed E-state index contributed by atoms with van der Waals surface area (Å²) < 4.78 is 1.41. The van der Waals surface area contributed by atoms with E-state index < -0.39 is 5.97 Å². The zero-order chi connectivity index (χ0) is 18.7. The number of aromatic carboxylic acids is 1. The van der Waals surface area contributed by atoms with E-state index in [1.54, 1.807) is 6.07 Å². The third-order valence-electron chi connectivity index (χ3n) is 4.08. The van der Waals surface area contributed by atoms with Gasteiger partial charge in [0.25, 0.3) is 5.91 Å². The number of aryl methyl sites for hydroxylation is 1. The van der Waals surface area contributed by atoms with Crippen molar-refractivity contribution in [3.05, 3.63) is 77.1 Å². The van der Waals surface area contributed by atoms with Gasteiger partial charge in [0, 0.05) is 0 Å². The SMILES string of the molecule is Cc1ccc(C(=O)O)cc1-n1cc(C(=O)NC(C)c2ccccc2)nn1. The van der Waals surface area contributed by atoms with Crippen molar-refractivity contribution in [3.63, 3.8) is 0 Å². The Morgan fingerprint density at radius 1 is 1.15 bits per heavy atom. The molecular weight excluding hydrogens is 332 g/mol. The molecule has 0 saturated heterocycles. The lowest BCUT2D eigenvalue weighted by molar-refractivity contribution is 0.0696. The predicted molar refractivity (Wildman–Crippen MR) is 95.4 cm³/mol. The second-order valence-corrected chi connectivity index (χ2v) is 5.96. The highest BCUT2D eigenvalue weighted by Crippen LogP contribution is 2.16. The summed E-state index contributed by atoms with van der Waals surface area (Å²) in [5.74, 6) is -1.37. The summed E-state index contributed by atoms with van der Waals surface area (Å²) in [6.07, 6.45) is 1.49. The van der Waals surface area contributed by atoms with Crippen molar-refractivity contribution >= 4 is 11.9 Å². The van der Waals surface area contributed by atoms with Crippen LogP contribution >= 0.6 is 0 Å². The molecule has 0 fully saturated rings. The second kappa shape index (κ2) is 7.18. The lowest BCUT2D eigenvalue weighted by Crippen LogP contribution is -2.26. The average molecular weight is 350 g/mol. The average Bonchev–Trinajstić information content (AvgIpc) is 3.12. The number of carboxylic acids is 1. The highest BCUT2D eigenvalue weighted by atomic mass is 16.4. The molecular formula is C19H18N4O3. The van der Waals surface area contributed by atoms with Crippen LogP contribution < -0.4 is 5.32 Å². The molecule has 7 heteroatoms. The summed E-state index contributed by atoms with van der Waals surface area (Å²) in [7, 11) is 0. The van der Waals surface area contributed by atoms with E-state index in [0.29, 0.717) is 5.69 Å². The van der Waals surface area contributed by atoms with E-state index in [-0.39, 0.29) is 23.2 Å². The molecule has 3 aromatic rings. The third kappa shape index (κ3) is 3.61. The van der Waals surface area contributed by atoms with Crippen molar-refractivity contribution in [3.8, 4) is 5.69 Å². The Morgan fingerprint density at radius 2 is 1.88 bits per heavy atom. The first kappa shape index (κ1) is 17.3. The molecule has 0 saturated carbocycles. The number of hydrogen-bond donors (Lipinski definition) is 2. The normalized spacial score (nSPS) is 11.8. The molecule has 132 valence electrons. The third-order valence-corrected chi connectivity index (χ3v) is 4.08. The van der Waals surface area contributed by atoms with Crippen molar-refractivity contribution < 1.29 is 14.7 Å². The van der Waals surface area contributed by atoms with E-state index in [4.69, 9.17) is 5.11 Å². The Balaban J connectivity index is 1.81. The van der Waals surface area contributed by atoms with Crippen LogP contribution in [0.5, 0.6) is 0 Å². The summed E-state index contributed by atoms with van der Waals surface area (Å²) in [5, 5.41) is 19.9. The molecule has 1 aromatic heterocycles. The summed E-state index contributed by atoms with van der Waals surface area (Å²) >= 11 is 0. The van der Waals surface area contributed by atoms with Crippen LogP contribution in [0.3, 0.4) is 0 Å². The van der Waals surface area contributed by atoms with E-state index in [9.17, 15) is 9.59 Å². The molecule has 0 aliphatic carbocycles. The van der Waals surface area contributed by atoms with Crippen molar-refractivity contribution in [2.24, 2.45) is 0 Å². The van der Waals surface area contributed by atoms with Gasteiger partial charge in [-0.05, 0) is 37.1 Å². The number of carbonyl (C=O) groups is 2. The maximum absolute atomic E-state index is 12.4. The van der Waals surface area contributed by atoms with Crippen molar-refractivity contribution in [2.45, 2.75) is 19.9 Å². The molecule has 1 amide bonds. The fourth-order valence-corrected chi connectivity index (χ4v) is 2.57. The minimum atomic E-state index is -1.03. The Hall–Kier alpha value is -3.48. The van der Waals surface area contributed by atoms with Gasteiger partial charge in [0.05, 0.1) is 23.5 Å². The lowest BCUT2D eigenvalue weighted by Gasteiger charge is -2.12. The molecule has 0 radical (unpaired) electrons. The number of rotatable bonds is 5. The minimum absolute atomic E-state index is 0.143. The minimum Gasteiger partial charge on any atom is -0.478 e. The lowest BCUT2D eigenvalue weighted by atomic mass is 10.1. The van der Waals surface area contributed by atoms with Crippen LogP contribution in [0.1, 0.15) is 44.9 Å². The quantitative estimate of drug-likeness (QED) is 0.737. The standard InChI is InChI=1S/C19H18N4O3/c1-12-8-9-15(19(25)26)10-17(12)23-11-16(21-22-23)18(24)20-13(2)14-6-4-3-5-7-14/h3-11,13H,1-2H3,(H,20,24)(H,25,26). The molecule has 1 atom stereocenters. The molecule has 0 aliphatic rings. The zero-order valence-electron chi connectivity index (χ0n) is 14.4. The molecule has 0 aliphatic heterocycles. The number of carbonyl (C=O) groups excluding carboxylic acids is 1. The maximum Gasteiger partial charge on any atom is 0.335 e. The molecule has 1 heterocycles. The number of aromatic nitrogens is 3. The number of nitrogens with zero attached hydrogens (tertiary/aromatic N) is 3. The topological polar surface area (TPSA) is 97.1 Å². The largest absolute Gasteiger partial charge is 0.478 e. The van der Waals surface area contributed by atoms with Gasteiger partial charge in [-0.1, -0.05) is 41.6 Å². The molecule has 7 nitrogen and oxygen atoms in total. The number of amides is 1. The maximum atomic E-state index is 12.4. The van der Waals surface area contributed by atoms with E-state index in [2.05, 4.69) is 15.6 Å². The van der Waals surface area contributed by atoms with Crippen molar-refractivity contribution in [1.29, 1.82) is 0 Å². The van der Waals surface area contributed by atoms with Crippen LogP contribution in [0.15, 0.2) is 54.7 Å². The molecule has 2 N–H and O–H groups in total. The fraction of sp³-hybridized carbons (Fsp3) is 0.158. The van der Waals surface area contributed by atoms with Crippen LogP contribution in [-0.2, 0) is 0 Å². The van der Waals surface area contributed by atoms with Crippen LogP contribution in [-0.4, -0.2) is 32.0 Å². The first-order chi connectivity index (χ1) is 12.5. The van der Waals surface area contributed by atoms with E-state index in [1.165, 1.54) is 23.0 Å². The highest BCUT2D eigenvalue weighted by molar-refractivity contribution is 5.92. The van der Waals surface area contributed by atoms with Crippen LogP contribution in [0.4, 0.5) is 0 Å². The summed E-state index contributed by atoms with van der Waals surface area (Å²) in [6.45, 7) is 3.72. The molecule has 2 aromatic carbocycles. The van der Waals surface area contributed by atoms with Gasteiger partial charge in [0.1, 0.15) is 0 Å². The number of nitrogens with one attached hydrogen (secondary N) is 1. The summed E-state index contributed by atoms with van der Waals surface area (Å²) in [5.41, 5.74) is 2.67. The first-order valence-electron chi connectivity index (χ1n) is 8.08. The van der Waals surface area contributed by atoms with Gasteiger partial charge in [-0.2, -0.15) is 0 Å². The zero-order valence-corrected chi connectivity index (χ0v) is 14.4. The van der Waals surface area contributed by atoms with E-state index >= 15 is 0 Å². The molecule has 3 rings (SSSR count). The number of hydrogen-bond acceptors (Lipinski definition) is 4. The Morgan fingerprint density at radius 3 is 2.58 bits per heavy atom. The van der Waals surface area contributed by atoms with E-state index in [0.717, 1.165) is 11.1 Å². The summed E-state index contributed by atoms with van der Waals surface area (Å²) in [6, 6.07) is 14.1. The highest BCUT2D eigenvalue weighted by Gasteiger charge is 2.16. The Kier molecular flexibility index (Phi) is 4.79. The fourth-order valence-electron chi connectivity index (χ4n) is 2.57. The number of carboxylic acid groups (broad SMARTS) is 1. The number of benzene rings is 2. The second-order valence-electron chi connectivity index (χ2n) is 5.96. The van der Waals surface area contributed by atoms with Gasteiger partial charge in [-0.25, -0.2) is 9.48 Å².